The van der Waals surface area contributed by atoms with Gasteiger partial charge in [-0.25, -0.2) is 8.42 Å². The van der Waals surface area contributed by atoms with Gasteiger partial charge in [-0.15, -0.1) is 0 Å². The third-order valence-corrected chi connectivity index (χ3v) is 6.60. The molecule has 10 nitrogen and oxygen atoms in total. The van der Waals surface area contributed by atoms with Gasteiger partial charge in [0.05, 0.1) is 23.8 Å². The molecule has 0 spiro atoms. The third kappa shape index (κ3) is 4.61. The number of hydrazone groups is 1. The topological polar surface area (TPSA) is 117 Å². The van der Waals surface area contributed by atoms with Gasteiger partial charge < -0.3 is 9.64 Å². The average molecular weight is 397 g/mol. The van der Waals surface area contributed by atoms with Crippen LogP contribution >= 0.6 is 0 Å². The van der Waals surface area contributed by atoms with Crippen molar-refractivity contribution < 1.29 is 18.1 Å². The monoisotopic (exact) mass is 397 g/mol. The van der Waals surface area contributed by atoms with Gasteiger partial charge in [-0.05, 0) is 13.1 Å². The van der Waals surface area contributed by atoms with Crippen LogP contribution in [0.2, 0.25) is 0 Å². The number of ether oxygens (including phenoxy) is 1. The fraction of sp³-hybridized carbons (Fsp3) is 0.562. The highest BCUT2D eigenvalue weighted by Gasteiger charge is 2.30. The van der Waals surface area contributed by atoms with Crippen LogP contribution in [0.15, 0.2) is 28.2 Å². The van der Waals surface area contributed by atoms with E-state index in [2.05, 4.69) is 15.4 Å². The van der Waals surface area contributed by atoms with E-state index in [1.807, 2.05) is 7.05 Å². The van der Waals surface area contributed by atoms with E-state index in [1.165, 1.54) is 16.4 Å². The predicted octanol–water partition coefficient (Wildman–Crippen LogP) is 1.11. The van der Waals surface area contributed by atoms with E-state index in [-0.39, 0.29) is 29.4 Å². The highest BCUT2D eigenvalue weighted by Crippen LogP contribution is 2.29. The minimum atomic E-state index is -3.90. The lowest BCUT2D eigenvalue weighted by Crippen LogP contribution is -2.40. The van der Waals surface area contributed by atoms with Gasteiger partial charge in [0.1, 0.15) is 4.90 Å². The number of hydrogen-bond acceptors (Lipinski definition) is 8. The Morgan fingerprint density at radius 2 is 1.85 bits per heavy atom. The lowest BCUT2D eigenvalue weighted by atomic mass is 10.1. The van der Waals surface area contributed by atoms with Crippen LogP contribution in [-0.4, -0.2) is 74.7 Å². The smallest absolute Gasteiger partial charge is 0.270 e. The molecule has 2 fully saturated rings. The first-order valence-electron chi connectivity index (χ1n) is 8.74. The van der Waals surface area contributed by atoms with Crippen LogP contribution in [0.1, 0.15) is 12.8 Å². The molecule has 0 aromatic heterocycles. The SMILES string of the molecule is CN1CCC(=NNc2ccc([N+](=O)[O-])cc2S(=O)(=O)N2CCOCC2)CC1. The van der Waals surface area contributed by atoms with Crippen molar-refractivity contribution in [2.45, 2.75) is 17.7 Å². The van der Waals surface area contributed by atoms with Crippen LogP contribution < -0.4 is 5.43 Å². The van der Waals surface area contributed by atoms with Crippen molar-refractivity contribution in [3.63, 3.8) is 0 Å². The Bertz CT molecular complexity index is 826. The van der Waals surface area contributed by atoms with E-state index in [4.69, 9.17) is 4.74 Å². The van der Waals surface area contributed by atoms with E-state index >= 15 is 0 Å². The van der Waals surface area contributed by atoms with Crippen LogP contribution in [0.4, 0.5) is 11.4 Å². The van der Waals surface area contributed by atoms with Crippen LogP contribution in [0.25, 0.3) is 0 Å². The number of piperidine rings is 1. The van der Waals surface area contributed by atoms with Gasteiger partial charge in [-0.2, -0.15) is 9.41 Å². The molecular weight excluding hydrogens is 374 g/mol. The molecular formula is C16H23N5O5S. The summed E-state index contributed by atoms with van der Waals surface area (Å²) in [7, 11) is -1.87. The number of benzene rings is 1. The third-order valence-electron chi connectivity index (χ3n) is 4.66. The first-order chi connectivity index (χ1) is 12.9. The Balaban J connectivity index is 1.91. The van der Waals surface area contributed by atoms with Crippen molar-refractivity contribution in [3.05, 3.63) is 28.3 Å². The second-order valence-electron chi connectivity index (χ2n) is 6.55. The number of nitrogens with one attached hydrogen (secondary N) is 1. The molecule has 148 valence electrons. The molecule has 2 heterocycles. The van der Waals surface area contributed by atoms with Crippen LogP contribution in [0, 0.1) is 10.1 Å². The maximum atomic E-state index is 13.0. The van der Waals surface area contributed by atoms with Crippen LogP contribution in [-0.2, 0) is 14.8 Å². The summed E-state index contributed by atoms with van der Waals surface area (Å²) in [5.74, 6) is 0. The minimum Gasteiger partial charge on any atom is -0.379 e. The van der Waals surface area contributed by atoms with Gasteiger partial charge in [-0.3, -0.25) is 15.5 Å². The molecule has 0 bridgehead atoms. The minimum absolute atomic E-state index is 0.143. The Morgan fingerprint density at radius 1 is 1.19 bits per heavy atom. The van der Waals surface area contributed by atoms with Crippen molar-refractivity contribution >= 4 is 27.1 Å². The number of nitro groups is 1. The summed E-state index contributed by atoms with van der Waals surface area (Å²) in [6, 6.07) is 3.75. The lowest BCUT2D eigenvalue weighted by Gasteiger charge is -2.27. The molecule has 0 amide bonds. The highest BCUT2D eigenvalue weighted by atomic mass is 32.2. The first-order valence-corrected chi connectivity index (χ1v) is 10.2. The Hall–Kier alpha value is -2.08. The number of nitrogens with zero attached hydrogens (tertiary/aromatic N) is 4. The Labute approximate surface area is 158 Å². The standard InChI is InChI=1S/C16H23N5O5S/c1-19-6-4-13(5-7-19)17-18-15-3-2-14(21(22)23)12-16(15)27(24,25)20-8-10-26-11-9-20/h2-3,12,18H,4-11H2,1H3. The number of anilines is 1. The molecule has 3 rings (SSSR count). The van der Waals surface area contributed by atoms with E-state index in [9.17, 15) is 18.5 Å². The summed E-state index contributed by atoms with van der Waals surface area (Å²) in [4.78, 5) is 12.6. The molecule has 0 aliphatic carbocycles. The normalized spacial score (nSPS) is 19.7. The second-order valence-corrected chi connectivity index (χ2v) is 8.45. The van der Waals surface area contributed by atoms with Crippen LogP contribution in [0.5, 0.6) is 0 Å². The van der Waals surface area contributed by atoms with Gasteiger partial charge in [0.25, 0.3) is 5.69 Å². The zero-order chi connectivity index (χ0) is 19.4. The maximum absolute atomic E-state index is 13.0. The van der Waals surface area contributed by atoms with Gasteiger partial charge >= 0.3 is 0 Å². The summed E-state index contributed by atoms with van der Waals surface area (Å²) in [6.45, 7) is 2.80. The fourth-order valence-electron chi connectivity index (χ4n) is 2.98. The van der Waals surface area contributed by atoms with E-state index in [0.29, 0.717) is 13.2 Å². The van der Waals surface area contributed by atoms with Gasteiger partial charge in [0.15, 0.2) is 0 Å². The van der Waals surface area contributed by atoms with E-state index in [0.717, 1.165) is 37.7 Å². The zero-order valence-corrected chi connectivity index (χ0v) is 15.9. The number of rotatable bonds is 5. The molecule has 2 saturated heterocycles. The summed E-state index contributed by atoms with van der Waals surface area (Å²) >= 11 is 0. The molecule has 11 heteroatoms. The van der Waals surface area contributed by atoms with Gasteiger partial charge in [0, 0.05) is 56.9 Å². The average Bonchev–Trinajstić information content (AvgIpc) is 2.68. The number of sulfonamides is 1. The Kier molecular flexibility index (Phi) is 6.05. The molecule has 2 aliphatic rings. The van der Waals surface area contributed by atoms with Crippen molar-refractivity contribution in [2.75, 3.05) is 51.9 Å². The molecule has 2 aliphatic heterocycles. The first kappa shape index (κ1) is 19.7. The fourth-order valence-corrected chi connectivity index (χ4v) is 4.55. The van der Waals surface area contributed by atoms with E-state index in [1.54, 1.807) is 0 Å². The van der Waals surface area contributed by atoms with E-state index < -0.39 is 14.9 Å². The highest BCUT2D eigenvalue weighted by molar-refractivity contribution is 7.89. The molecule has 0 unspecified atom stereocenters. The second kappa shape index (κ2) is 8.30. The number of morpholine rings is 1. The predicted molar refractivity (Wildman–Crippen MR) is 100 cm³/mol. The van der Waals surface area contributed by atoms with Crippen LogP contribution in [0.3, 0.4) is 0 Å². The maximum Gasteiger partial charge on any atom is 0.270 e. The summed E-state index contributed by atoms with van der Waals surface area (Å²) in [5, 5.41) is 15.5. The number of nitro benzene ring substituents is 1. The number of likely N-dealkylation sites (tertiary alicyclic amines) is 1. The number of hydrogen-bond donors (Lipinski definition) is 1. The molecule has 0 saturated carbocycles. The Morgan fingerprint density at radius 3 is 2.48 bits per heavy atom. The summed E-state index contributed by atoms with van der Waals surface area (Å²) in [6.07, 6.45) is 1.59. The number of non-ortho nitro benzene ring substituents is 1. The molecule has 27 heavy (non-hydrogen) atoms. The van der Waals surface area contributed by atoms with Crippen molar-refractivity contribution in [3.8, 4) is 0 Å². The molecule has 1 aromatic carbocycles. The largest absolute Gasteiger partial charge is 0.379 e. The van der Waals surface area contributed by atoms with Crippen molar-refractivity contribution in [1.82, 2.24) is 9.21 Å². The quantitative estimate of drug-likeness (QED) is 0.584. The van der Waals surface area contributed by atoms with Gasteiger partial charge in [0.2, 0.25) is 10.0 Å². The molecule has 0 atom stereocenters. The molecule has 1 N–H and O–H groups in total. The van der Waals surface area contributed by atoms with Gasteiger partial charge in [-0.1, -0.05) is 0 Å². The van der Waals surface area contributed by atoms with Crippen molar-refractivity contribution in [2.24, 2.45) is 5.10 Å². The molecule has 1 aromatic rings. The lowest BCUT2D eigenvalue weighted by molar-refractivity contribution is -0.385. The molecule has 0 radical (unpaired) electrons. The summed E-state index contributed by atoms with van der Waals surface area (Å²) < 4.78 is 32.5. The van der Waals surface area contributed by atoms with Crippen molar-refractivity contribution in [1.29, 1.82) is 0 Å². The zero-order valence-electron chi connectivity index (χ0n) is 15.1. The summed E-state index contributed by atoms with van der Waals surface area (Å²) in [5.41, 5.74) is 3.72.